The summed E-state index contributed by atoms with van der Waals surface area (Å²) in [4.78, 5) is 28.0. The predicted molar refractivity (Wildman–Crippen MR) is 373 cm³/mol. The van der Waals surface area contributed by atoms with Gasteiger partial charge in [-0.1, -0.05) is 102 Å². The first-order valence-electron chi connectivity index (χ1n) is 29.2. The van der Waals surface area contributed by atoms with Gasteiger partial charge in [0, 0.05) is 75.0 Å². The van der Waals surface area contributed by atoms with E-state index >= 15 is 0 Å². The fraction of sp³-hybridized carbons (Fsp3) is 0.236. The highest BCUT2D eigenvalue weighted by Gasteiger charge is 2.24. The topological polar surface area (TPSA) is 69.4 Å². The van der Waals surface area contributed by atoms with E-state index in [1.165, 1.54) is 62.3 Å². The van der Waals surface area contributed by atoms with Crippen LogP contribution in [0, 0.1) is 17.6 Å². The summed E-state index contributed by atoms with van der Waals surface area (Å²) >= 11 is 9.24. The van der Waals surface area contributed by atoms with Gasteiger partial charge in [-0.05, 0) is 263 Å². The average Bonchev–Trinajstić information content (AvgIpc) is 3.82. The Hall–Kier alpha value is -5.94. The number of aryl methyl sites for hydroxylation is 5. The van der Waals surface area contributed by atoms with Crippen LogP contribution in [-0.4, -0.2) is 29.5 Å². The predicted octanol–water partition coefficient (Wildman–Crippen LogP) is 21.6. The van der Waals surface area contributed by atoms with Gasteiger partial charge < -0.3 is 4.57 Å². The summed E-state index contributed by atoms with van der Waals surface area (Å²) in [5, 5.41) is 5.00. The second-order valence-corrected chi connectivity index (χ2v) is 26.7. The standard InChI is InChI=1S/C72H65I3N6S/c1-6-10-18-45-32-46(19-11-7-2)35-52(34-45)70-78-71(53-36-48(21-13-9-4)38-56(75)41-53)80-72(79-70)60-42-49(69-76-61(50-30-44(5)31-54(73)39-50)43-62(77-69)51-33-47(20-12-8-3)37-55(74)40-51)26-28-64(60)81-63-24-16-14-23-59(63)67-65(81)29-27-58-57-22-15-17-25-66(57)82-68(58)67/h14-17,22-43H,6-13,18-21H2,1-5H3. The molecule has 0 saturated carbocycles. The Bertz CT molecular complexity index is 4320. The van der Waals surface area contributed by atoms with E-state index in [-0.39, 0.29) is 0 Å². The Balaban J connectivity index is 1.16. The van der Waals surface area contributed by atoms with Gasteiger partial charge in [-0.3, -0.25) is 0 Å². The van der Waals surface area contributed by atoms with Gasteiger partial charge in [0.25, 0.3) is 0 Å². The number of unbranched alkanes of at least 4 members (excludes halogenated alkanes) is 4. The number of nitrogens with zero attached hydrogens (tertiary/aromatic N) is 6. The van der Waals surface area contributed by atoms with E-state index in [2.05, 4.69) is 265 Å². The van der Waals surface area contributed by atoms with E-state index in [0.717, 1.165) is 146 Å². The molecular weight excluding hydrogens is 1360 g/mol. The van der Waals surface area contributed by atoms with Crippen molar-refractivity contribution in [1.82, 2.24) is 29.5 Å². The molecule has 0 aliphatic heterocycles. The molecule has 12 aromatic rings. The molecule has 0 N–H and O–H groups in total. The molecule has 12 rings (SSSR count). The Morgan fingerprint density at radius 2 is 0.915 bits per heavy atom. The first kappa shape index (κ1) is 56.5. The van der Waals surface area contributed by atoms with Crippen molar-refractivity contribution in [1.29, 1.82) is 0 Å². The van der Waals surface area contributed by atoms with Crippen LogP contribution in [0.4, 0.5) is 0 Å². The van der Waals surface area contributed by atoms with Crippen molar-refractivity contribution in [3.8, 4) is 73.8 Å². The minimum atomic E-state index is 0.594. The Morgan fingerprint density at radius 1 is 0.402 bits per heavy atom. The van der Waals surface area contributed by atoms with Gasteiger partial charge >= 0.3 is 0 Å². The molecule has 0 saturated heterocycles. The van der Waals surface area contributed by atoms with Crippen LogP contribution >= 0.6 is 79.1 Å². The molecule has 0 fully saturated rings. The quantitative estimate of drug-likeness (QED) is 0.0755. The molecule has 0 unspecified atom stereocenters. The van der Waals surface area contributed by atoms with Crippen LogP contribution in [0.5, 0.6) is 0 Å². The lowest BCUT2D eigenvalue weighted by atomic mass is 9.98. The third kappa shape index (κ3) is 11.9. The average molecular weight is 1430 g/mol. The van der Waals surface area contributed by atoms with Crippen molar-refractivity contribution in [3.05, 3.63) is 196 Å². The van der Waals surface area contributed by atoms with Crippen LogP contribution in [0.2, 0.25) is 0 Å². The summed E-state index contributed by atoms with van der Waals surface area (Å²) in [5.74, 6) is 2.55. The lowest BCUT2D eigenvalue weighted by Gasteiger charge is -2.17. The molecule has 10 heteroatoms. The van der Waals surface area contributed by atoms with E-state index in [4.69, 9.17) is 24.9 Å². The maximum Gasteiger partial charge on any atom is 0.166 e. The molecule has 0 aliphatic rings. The largest absolute Gasteiger partial charge is 0.308 e. The lowest BCUT2D eigenvalue weighted by molar-refractivity contribution is 0.780. The van der Waals surface area contributed by atoms with E-state index in [9.17, 15) is 0 Å². The van der Waals surface area contributed by atoms with Crippen LogP contribution in [0.3, 0.4) is 0 Å². The monoisotopic (exact) mass is 1430 g/mol. The highest BCUT2D eigenvalue weighted by Crippen LogP contribution is 2.45. The number of fused-ring (bicyclic) bond motifs is 7. The molecule has 0 atom stereocenters. The van der Waals surface area contributed by atoms with Crippen molar-refractivity contribution >= 4 is 121 Å². The summed E-state index contributed by atoms with van der Waals surface area (Å²) in [6.45, 7) is 11.2. The Morgan fingerprint density at radius 3 is 1.54 bits per heavy atom. The van der Waals surface area contributed by atoms with Crippen LogP contribution in [0.15, 0.2) is 158 Å². The molecule has 0 aliphatic carbocycles. The molecule has 0 amide bonds. The van der Waals surface area contributed by atoms with Crippen molar-refractivity contribution in [2.24, 2.45) is 0 Å². The van der Waals surface area contributed by atoms with Crippen molar-refractivity contribution in [2.75, 3.05) is 0 Å². The minimum absolute atomic E-state index is 0.594. The molecule has 8 aromatic carbocycles. The van der Waals surface area contributed by atoms with Crippen molar-refractivity contribution < 1.29 is 0 Å². The molecule has 0 bridgehead atoms. The van der Waals surface area contributed by atoms with Gasteiger partial charge in [-0.2, -0.15) is 0 Å². The zero-order chi connectivity index (χ0) is 56.4. The molecular formula is C72H65I3N6S. The number of thiophene rings is 1. The highest BCUT2D eigenvalue weighted by atomic mass is 127. The van der Waals surface area contributed by atoms with Gasteiger partial charge in [0.15, 0.2) is 23.3 Å². The normalized spacial score (nSPS) is 11.8. The van der Waals surface area contributed by atoms with Crippen LogP contribution < -0.4 is 0 Å². The second kappa shape index (κ2) is 25.1. The fourth-order valence-electron chi connectivity index (χ4n) is 11.6. The summed E-state index contributed by atoms with van der Waals surface area (Å²) in [6, 6.07) is 58.7. The summed E-state index contributed by atoms with van der Waals surface area (Å²) in [5.41, 5.74) is 17.3. The SMILES string of the molecule is CCCCc1cc(I)cc(-c2cc(-c3cc(C)cc(I)c3)nc(-c3ccc(-n4c5ccccc5c5c6sc7ccccc7c6ccc54)c(-c4nc(-c5cc(I)cc(CCCC)c5)nc(-c5cc(CCCC)cc(CCCC)c5)n4)c3)n2)c1. The molecule has 82 heavy (non-hydrogen) atoms. The van der Waals surface area contributed by atoms with Crippen LogP contribution in [0.25, 0.3) is 116 Å². The van der Waals surface area contributed by atoms with Gasteiger partial charge in [-0.25, -0.2) is 24.9 Å². The van der Waals surface area contributed by atoms with E-state index in [0.29, 0.717) is 23.3 Å². The Labute approximate surface area is 527 Å². The van der Waals surface area contributed by atoms with Gasteiger partial charge in [0.05, 0.1) is 28.1 Å². The fourth-order valence-corrected chi connectivity index (χ4v) is 15.2. The first-order chi connectivity index (χ1) is 40.0. The number of benzene rings is 8. The number of rotatable bonds is 19. The lowest BCUT2D eigenvalue weighted by Crippen LogP contribution is -2.05. The molecule has 0 radical (unpaired) electrons. The summed E-state index contributed by atoms with van der Waals surface area (Å²) in [7, 11) is 0. The zero-order valence-corrected chi connectivity index (χ0v) is 54.5. The number of hydrogen-bond acceptors (Lipinski definition) is 6. The highest BCUT2D eigenvalue weighted by molar-refractivity contribution is 14.1. The Kier molecular flexibility index (Phi) is 17.3. The molecule has 4 aromatic heterocycles. The minimum Gasteiger partial charge on any atom is -0.308 e. The smallest absolute Gasteiger partial charge is 0.166 e. The molecule has 410 valence electrons. The first-order valence-corrected chi connectivity index (χ1v) is 33.2. The maximum atomic E-state index is 5.70. The molecule has 4 heterocycles. The summed E-state index contributed by atoms with van der Waals surface area (Å²) < 4.78 is 8.53. The van der Waals surface area contributed by atoms with Gasteiger partial charge in [0.2, 0.25) is 0 Å². The van der Waals surface area contributed by atoms with Gasteiger partial charge in [0.1, 0.15) is 0 Å². The maximum absolute atomic E-state index is 5.70. The van der Waals surface area contributed by atoms with Crippen molar-refractivity contribution in [3.63, 3.8) is 0 Å². The number of halogens is 3. The molecule has 0 spiro atoms. The van der Waals surface area contributed by atoms with Crippen LogP contribution in [0.1, 0.15) is 107 Å². The third-order valence-corrected chi connectivity index (χ3v) is 18.7. The van der Waals surface area contributed by atoms with E-state index in [1.54, 1.807) is 0 Å². The molecule has 6 nitrogen and oxygen atoms in total. The zero-order valence-electron chi connectivity index (χ0n) is 47.2. The van der Waals surface area contributed by atoms with Crippen LogP contribution in [-0.2, 0) is 25.7 Å². The van der Waals surface area contributed by atoms with E-state index < -0.39 is 0 Å². The van der Waals surface area contributed by atoms with E-state index in [1.807, 2.05) is 11.3 Å². The number of hydrogen-bond donors (Lipinski definition) is 0. The summed E-state index contributed by atoms with van der Waals surface area (Å²) in [6.07, 6.45) is 13.0. The number of para-hydroxylation sites is 1. The van der Waals surface area contributed by atoms with Gasteiger partial charge in [-0.15, -0.1) is 11.3 Å². The number of aromatic nitrogens is 6. The third-order valence-electron chi connectivity index (χ3n) is 15.7. The van der Waals surface area contributed by atoms with Crippen molar-refractivity contribution in [2.45, 2.75) is 112 Å². The second-order valence-electron chi connectivity index (χ2n) is 22.0.